The van der Waals surface area contributed by atoms with Crippen LogP contribution < -0.4 is 10.1 Å². The summed E-state index contributed by atoms with van der Waals surface area (Å²) in [6.07, 6.45) is 0. The molecule has 1 heterocycles. The number of fused-ring (bicyclic) bond motifs is 1. The van der Waals surface area contributed by atoms with Crippen LogP contribution in [0.4, 0.5) is 5.69 Å². The van der Waals surface area contributed by atoms with Crippen LogP contribution in [0.1, 0.15) is 21.6 Å². The van der Waals surface area contributed by atoms with Crippen LogP contribution in [-0.2, 0) is 0 Å². The summed E-state index contributed by atoms with van der Waals surface area (Å²) in [4.78, 5) is 15.8. The van der Waals surface area contributed by atoms with Crippen LogP contribution in [0.5, 0.6) is 5.75 Å². The first-order valence-corrected chi connectivity index (χ1v) is 8.02. The highest BCUT2D eigenvalue weighted by atomic mass is 79.9. The summed E-state index contributed by atoms with van der Waals surface area (Å²) in [5, 5.41) is 3.92. The molecule has 1 aromatic heterocycles. The van der Waals surface area contributed by atoms with E-state index < -0.39 is 0 Å². The third-order valence-corrected chi connectivity index (χ3v) is 4.80. The molecule has 4 nitrogen and oxygen atoms in total. The van der Waals surface area contributed by atoms with Crippen molar-refractivity contribution in [1.29, 1.82) is 0 Å². The normalized spacial score (nSPS) is 10.8. The van der Waals surface area contributed by atoms with E-state index in [1.807, 2.05) is 50.2 Å². The van der Waals surface area contributed by atoms with E-state index >= 15 is 0 Å². The van der Waals surface area contributed by atoms with E-state index in [2.05, 4.69) is 26.2 Å². The molecule has 0 unspecified atom stereocenters. The minimum Gasteiger partial charge on any atom is -0.497 e. The van der Waals surface area contributed by atoms with Crippen molar-refractivity contribution < 1.29 is 9.53 Å². The van der Waals surface area contributed by atoms with Crippen LogP contribution in [0.15, 0.2) is 40.9 Å². The molecule has 0 aliphatic carbocycles. The standard InChI is InChI=1S/C18H17BrN2O2/c1-10-8-12(4-6-15(10)19)20-18(22)17-11(2)14-9-13(23-3)5-7-16(14)21-17/h4-9,21H,1-3H3,(H,20,22). The average molecular weight is 373 g/mol. The number of nitrogens with one attached hydrogen (secondary N) is 2. The maximum atomic E-state index is 12.6. The van der Waals surface area contributed by atoms with Crippen molar-refractivity contribution in [3.05, 3.63) is 57.7 Å². The number of H-pyrrole nitrogens is 1. The number of hydrogen-bond acceptors (Lipinski definition) is 2. The maximum Gasteiger partial charge on any atom is 0.272 e. The fourth-order valence-corrected chi connectivity index (χ4v) is 2.82. The molecule has 3 aromatic rings. The molecule has 1 amide bonds. The second kappa shape index (κ2) is 6.08. The van der Waals surface area contributed by atoms with Crippen molar-refractivity contribution in [2.75, 3.05) is 12.4 Å². The quantitative estimate of drug-likeness (QED) is 0.692. The number of ether oxygens (including phenoxy) is 1. The van der Waals surface area contributed by atoms with Gasteiger partial charge in [0, 0.05) is 21.1 Å². The van der Waals surface area contributed by atoms with Crippen molar-refractivity contribution in [2.24, 2.45) is 0 Å². The van der Waals surface area contributed by atoms with Crippen molar-refractivity contribution in [3.8, 4) is 5.75 Å². The van der Waals surface area contributed by atoms with E-state index in [0.717, 1.165) is 37.9 Å². The van der Waals surface area contributed by atoms with E-state index in [1.165, 1.54) is 0 Å². The van der Waals surface area contributed by atoms with Gasteiger partial charge in [0.15, 0.2) is 0 Å². The fourth-order valence-electron chi connectivity index (χ4n) is 2.58. The molecule has 118 valence electrons. The van der Waals surface area contributed by atoms with Crippen LogP contribution in [0.3, 0.4) is 0 Å². The minimum absolute atomic E-state index is 0.153. The summed E-state index contributed by atoms with van der Waals surface area (Å²) in [6, 6.07) is 11.5. The lowest BCUT2D eigenvalue weighted by molar-refractivity contribution is 0.102. The molecule has 2 aromatic carbocycles. The van der Waals surface area contributed by atoms with Crippen LogP contribution in [0.2, 0.25) is 0 Å². The zero-order valence-corrected chi connectivity index (χ0v) is 14.7. The first-order chi connectivity index (χ1) is 11.0. The van der Waals surface area contributed by atoms with E-state index in [-0.39, 0.29) is 5.91 Å². The zero-order chi connectivity index (χ0) is 16.6. The van der Waals surface area contributed by atoms with Crippen LogP contribution >= 0.6 is 15.9 Å². The largest absolute Gasteiger partial charge is 0.497 e. The van der Waals surface area contributed by atoms with E-state index in [9.17, 15) is 4.79 Å². The van der Waals surface area contributed by atoms with Gasteiger partial charge in [-0.1, -0.05) is 15.9 Å². The molecule has 0 bridgehead atoms. The molecule has 0 spiro atoms. The number of anilines is 1. The summed E-state index contributed by atoms with van der Waals surface area (Å²) >= 11 is 3.46. The minimum atomic E-state index is -0.153. The molecule has 0 saturated carbocycles. The highest BCUT2D eigenvalue weighted by molar-refractivity contribution is 9.10. The molecule has 0 saturated heterocycles. The molecule has 3 rings (SSSR count). The van der Waals surface area contributed by atoms with Crippen molar-refractivity contribution >= 4 is 38.4 Å². The number of amides is 1. The Morgan fingerprint density at radius 1 is 1.17 bits per heavy atom. The van der Waals surface area contributed by atoms with Crippen LogP contribution in [0, 0.1) is 13.8 Å². The fraction of sp³-hybridized carbons (Fsp3) is 0.167. The Balaban J connectivity index is 1.94. The maximum absolute atomic E-state index is 12.6. The molecule has 0 aliphatic heterocycles. The van der Waals surface area contributed by atoms with Gasteiger partial charge < -0.3 is 15.0 Å². The number of carbonyl (C=O) groups excluding carboxylic acids is 1. The third-order valence-electron chi connectivity index (χ3n) is 3.91. The van der Waals surface area contributed by atoms with E-state index in [1.54, 1.807) is 7.11 Å². The van der Waals surface area contributed by atoms with Crippen LogP contribution in [0.25, 0.3) is 10.9 Å². The Labute approximate surface area is 143 Å². The number of aromatic amines is 1. The predicted octanol–water partition coefficient (Wildman–Crippen LogP) is 4.81. The number of rotatable bonds is 3. The molecular formula is C18H17BrN2O2. The van der Waals surface area contributed by atoms with Gasteiger partial charge in [0.2, 0.25) is 0 Å². The van der Waals surface area contributed by atoms with E-state index in [0.29, 0.717) is 5.69 Å². The van der Waals surface area contributed by atoms with Gasteiger partial charge in [0.1, 0.15) is 11.4 Å². The molecule has 23 heavy (non-hydrogen) atoms. The molecule has 0 fully saturated rings. The Morgan fingerprint density at radius 2 is 1.96 bits per heavy atom. The Kier molecular flexibility index (Phi) is 4.13. The predicted molar refractivity (Wildman–Crippen MR) is 96.4 cm³/mol. The SMILES string of the molecule is COc1ccc2[nH]c(C(=O)Nc3ccc(Br)c(C)c3)c(C)c2c1. The average Bonchev–Trinajstić information content (AvgIpc) is 2.87. The summed E-state index contributed by atoms with van der Waals surface area (Å²) in [7, 11) is 1.63. The third kappa shape index (κ3) is 2.97. The monoisotopic (exact) mass is 372 g/mol. The molecule has 5 heteroatoms. The Hall–Kier alpha value is -2.27. The highest BCUT2D eigenvalue weighted by Crippen LogP contribution is 2.27. The lowest BCUT2D eigenvalue weighted by Gasteiger charge is -2.07. The first-order valence-electron chi connectivity index (χ1n) is 7.23. The number of halogens is 1. The van der Waals surface area contributed by atoms with Crippen LogP contribution in [-0.4, -0.2) is 18.0 Å². The van der Waals surface area contributed by atoms with Crippen molar-refractivity contribution in [1.82, 2.24) is 4.98 Å². The second-order valence-electron chi connectivity index (χ2n) is 5.45. The summed E-state index contributed by atoms with van der Waals surface area (Å²) in [5.74, 6) is 0.620. The number of methoxy groups -OCH3 is 1. The van der Waals surface area contributed by atoms with Gasteiger partial charge in [0.05, 0.1) is 7.11 Å². The van der Waals surface area contributed by atoms with Gasteiger partial charge in [-0.2, -0.15) is 0 Å². The topological polar surface area (TPSA) is 54.1 Å². The Bertz CT molecular complexity index is 899. The molecule has 0 aliphatic rings. The van der Waals surface area contributed by atoms with Gasteiger partial charge >= 0.3 is 0 Å². The smallest absolute Gasteiger partial charge is 0.272 e. The summed E-state index contributed by atoms with van der Waals surface area (Å²) < 4.78 is 6.27. The Morgan fingerprint density at radius 3 is 2.65 bits per heavy atom. The number of aromatic nitrogens is 1. The summed E-state index contributed by atoms with van der Waals surface area (Å²) in [5.41, 5.74) is 4.23. The zero-order valence-electron chi connectivity index (χ0n) is 13.2. The lowest BCUT2D eigenvalue weighted by atomic mass is 10.1. The number of benzene rings is 2. The van der Waals surface area contributed by atoms with Gasteiger partial charge in [-0.15, -0.1) is 0 Å². The molecule has 0 radical (unpaired) electrons. The van der Waals surface area contributed by atoms with E-state index in [4.69, 9.17) is 4.74 Å². The number of hydrogen-bond donors (Lipinski definition) is 2. The van der Waals surface area contributed by atoms with Crippen molar-refractivity contribution in [3.63, 3.8) is 0 Å². The molecular weight excluding hydrogens is 356 g/mol. The van der Waals surface area contributed by atoms with Gasteiger partial charge in [0.25, 0.3) is 5.91 Å². The number of carbonyl (C=O) groups is 1. The molecule has 0 atom stereocenters. The molecule has 2 N–H and O–H groups in total. The van der Waals surface area contributed by atoms with Crippen molar-refractivity contribution in [2.45, 2.75) is 13.8 Å². The van der Waals surface area contributed by atoms with Gasteiger partial charge in [-0.3, -0.25) is 4.79 Å². The first kappa shape index (κ1) is 15.6. The number of aryl methyl sites for hydroxylation is 2. The van der Waals surface area contributed by atoms with Gasteiger partial charge in [-0.05, 0) is 61.4 Å². The van der Waals surface area contributed by atoms with Gasteiger partial charge in [-0.25, -0.2) is 0 Å². The second-order valence-corrected chi connectivity index (χ2v) is 6.31. The lowest BCUT2D eigenvalue weighted by Crippen LogP contribution is -2.13. The highest BCUT2D eigenvalue weighted by Gasteiger charge is 2.15. The summed E-state index contributed by atoms with van der Waals surface area (Å²) in [6.45, 7) is 3.92.